The summed E-state index contributed by atoms with van der Waals surface area (Å²) in [6.45, 7) is 3.27. The first-order chi connectivity index (χ1) is 3.31. The van der Waals surface area contributed by atoms with E-state index in [9.17, 15) is 0 Å². The number of amidine groups is 1. The van der Waals surface area contributed by atoms with E-state index in [-0.39, 0.29) is 6.02 Å². The molecule has 0 rings (SSSR count). The fourth-order valence-electron chi connectivity index (χ4n) is 0.138. The average molecular weight is 100 g/mol. The second-order valence-electron chi connectivity index (χ2n) is 0.846. The molecule has 7 heavy (non-hydrogen) atoms. The van der Waals surface area contributed by atoms with E-state index >= 15 is 0 Å². The zero-order valence-electron chi connectivity index (χ0n) is 4.22. The van der Waals surface area contributed by atoms with Crippen molar-refractivity contribution in [1.82, 2.24) is 0 Å². The van der Waals surface area contributed by atoms with Crippen molar-refractivity contribution in [2.75, 3.05) is 7.05 Å². The summed E-state index contributed by atoms with van der Waals surface area (Å²) < 4.78 is 4.48. The maximum atomic E-state index is 5.04. The first kappa shape index (κ1) is 6.01. The summed E-state index contributed by atoms with van der Waals surface area (Å²) in [7, 11) is 1.54. The summed E-state index contributed by atoms with van der Waals surface area (Å²) >= 11 is 0. The van der Waals surface area contributed by atoms with Gasteiger partial charge in [0.25, 0.3) is 6.02 Å². The highest BCUT2D eigenvalue weighted by molar-refractivity contribution is 5.71. The van der Waals surface area contributed by atoms with Crippen LogP contribution in [0.2, 0.25) is 0 Å². The number of rotatable bonds is 1. The molecule has 0 saturated heterocycles. The van der Waals surface area contributed by atoms with Crippen molar-refractivity contribution < 1.29 is 4.74 Å². The second-order valence-corrected chi connectivity index (χ2v) is 0.846. The molecule has 0 unspecified atom stereocenters. The van der Waals surface area contributed by atoms with Gasteiger partial charge in [0.05, 0.1) is 6.26 Å². The van der Waals surface area contributed by atoms with Crippen LogP contribution in [0.3, 0.4) is 0 Å². The van der Waals surface area contributed by atoms with E-state index in [0.717, 1.165) is 0 Å². The zero-order valence-corrected chi connectivity index (χ0v) is 4.22. The molecule has 0 saturated carbocycles. The van der Waals surface area contributed by atoms with Crippen molar-refractivity contribution in [3.8, 4) is 0 Å². The van der Waals surface area contributed by atoms with Gasteiger partial charge in [0.15, 0.2) is 0 Å². The van der Waals surface area contributed by atoms with Crippen LogP contribution in [0.5, 0.6) is 0 Å². The first-order valence-electron chi connectivity index (χ1n) is 1.81. The standard InChI is InChI=1S/C4H8N2O/c1-3-7-4(5)6-2/h3H,1H2,2H3,(H2,5,6). The molecular weight excluding hydrogens is 92.1 g/mol. The third-order valence-electron chi connectivity index (χ3n) is 0.424. The quantitative estimate of drug-likeness (QED) is 0.288. The molecule has 0 atom stereocenters. The minimum absolute atomic E-state index is 0.134. The van der Waals surface area contributed by atoms with E-state index < -0.39 is 0 Å². The van der Waals surface area contributed by atoms with Crippen molar-refractivity contribution in [1.29, 1.82) is 0 Å². The van der Waals surface area contributed by atoms with Crippen LogP contribution >= 0.6 is 0 Å². The Labute approximate surface area is 42.5 Å². The highest BCUT2D eigenvalue weighted by Gasteiger charge is 1.77. The van der Waals surface area contributed by atoms with Crippen LogP contribution in [0.1, 0.15) is 0 Å². The Hall–Kier alpha value is -0.990. The highest BCUT2D eigenvalue weighted by atomic mass is 16.5. The molecule has 0 heterocycles. The van der Waals surface area contributed by atoms with Gasteiger partial charge < -0.3 is 10.5 Å². The van der Waals surface area contributed by atoms with Crippen LogP contribution < -0.4 is 5.73 Å². The topological polar surface area (TPSA) is 47.6 Å². The van der Waals surface area contributed by atoms with E-state index in [0.29, 0.717) is 0 Å². The third-order valence-corrected chi connectivity index (χ3v) is 0.424. The summed E-state index contributed by atoms with van der Waals surface area (Å²) in [5.74, 6) is 0. The van der Waals surface area contributed by atoms with Crippen molar-refractivity contribution >= 4 is 6.02 Å². The van der Waals surface area contributed by atoms with Crippen LogP contribution in [0, 0.1) is 0 Å². The maximum Gasteiger partial charge on any atom is 0.286 e. The van der Waals surface area contributed by atoms with E-state index in [2.05, 4.69) is 16.3 Å². The third kappa shape index (κ3) is 2.82. The molecule has 0 aromatic heterocycles. The molecule has 0 aromatic rings. The summed E-state index contributed by atoms with van der Waals surface area (Å²) in [6.07, 6.45) is 1.22. The molecule has 0 amide bonds. The molecule has 0 fully saturated rings. The number of aliphatic imine (C=N–C) groups is 1. The lowest BCUT2D eigenvalue weighted by Crippen LogP contribution is -2.11. The molecule has 0 aliphatic carbocycles. The van der Waals surface area contributed by atoms with Crippen molar-refractivity contribution in [3.05, 3.63) is 12.8 Å². The molecule has 0 aliphatic heterocycles. The Bertz CT molecular complexity index is 87.7. The van der Waals surface area contributed by atoms with Crippen LogP contribution in [0.15, 0.2) is 17.8 Å². The van der Waals surface area contributed by atoms with Crippen molar-refractivity contribution in [2.24, 2.45) is 10.7 Å². The highest BCUT2D eigenvalue weighted by Crippen LogP contribution is 1.69. The van der Waals surface area contributed by atoms with Gasteiger partial charge in [-0.05, 0) is 0 Å². The maximum absolute atomic E-state index is 5.04. The monoisotopic (exact) mass is 100 g/mol. The van der Waals surface area contributed by atoms with Crippen LogP contribution in [-0.4, -0.2) is 13.1 Å². The fraction of sp³-hybridized carbons (Fsp3) is 0.250. The smallest absolute Gasteiger partial charge is 0.286 e. The summed E-state index contributed by atoms with van der Waals surface area (Å²) in [6, 6.07) is 0.134. The summed E-state index contributed by atoms with van der Waals surface area (Å²) in [4.78, 5) is 3.48. The largest absolute Gasteiger partial charge is 0.435 e. The Balaban J connectivity index is 3.36. The van der Waals surface area contributed by atoms with Gasteiger partial charge in [0.2, 0.25) is 0 Å². The molecule has 0 aliphatic rings. The zero-order chi connectivity index (χ0) is 5.70. The molecule has 0 spiro atoms. The summed E-state index contributed by atoms with van der Waals surface area (Å²) in [5.41, 5.74) is 5.04. The molecular formula is C4H8N2O. The summed E-state index contributed by atoms with van der Waals surface area (Å²) in [5, 5.41) is 0. The van der Waals surface area contributed by atoms with Gasteiger partial charge in [0, 0.05) is 7.05 Å². The van der Waals surface area contributed by atoms with E-state index in [1.165, 1.54) is 6.26 Å². The Morgan fingerprint density at radius 2 is 2.57 bits per heavy atom. The van der Waals surface area contributed by atoms with Gasteiger partial charge in [-0.25, -0.2) is 4.99 Å². The van der Waals surface area contributed by atoms with Gasteiger partial charge in [-0.15, -0.1) is 0 Å². The van der Waals surface area contributed by atoms with Gasteiger partial charge in [0.1, 0.15) is 0 Å². The normalized spacial score (nSPS) is 10.7. The number of ether oxygens (including phenoxy) is 1. The Morgan fingerprint density at radius 3 is 2.71 bits per heavy atom. The van der Waals surface area contributed by atoms with Crippen LogP contribution in [0.4, 0.5) is 0 Å². The number of nitrogens with two attached hydrogens (primary N) is 1. The number of hydrogen-bond acceptors (Lipinski definition) is 2. The van der Waals surface area contributed by atoms with Gasteiger partial charge >= 0.3 is 0 Å². The molecule has 2 N–H and O–H groups in total. The van der Waals surface area contributed by atoms with Gasteiger partial charge in [-0.3, -0.25) is 0 Å². The molecule has 3 heteroatoms. The average Bonchev–Trinajstić information content (AvgIpc) is 1.68. The van der Waals surface area contributed by atoms with Gasteiger partial charge in [-0.1, -0.05) is 6.58 Å². The Kier molecular flexibility index (Phi) is 2.76. The van der Waals surface area contributed by atoms with Gasteiger partial charge in [-0.2, -0.15) is 0 Å². The predicted octanol–water partition coefficient (Wildman–Crippen LogP) is 0.0910. The Morgan fingerprint density at radius 1 is 2.00 bits per heavy atom. The van der Waals surface area contributed by atoms with Crippen LogP contribution in [0.25, 0.3) is 0 Å². The predicted molar refractivity (Wildman–Crippen MR) is 28.8 cm³/mol. The fourth-order valence-corrected chi connectivity index (χ4v) is 0.138. The minimum atomic E-state index is 0.134. The second kappa shape index (κ2) is 3.21. The van der Waals surface area contributed by atoms with E-state index in [4.69, 9.17) is 5.73 Å². The van der Waals surface area contributed by atoms with E-state index in [1.807, 2.05) is 0 Å². The minimum Gasteiger partial charge on any atom is -0.435 e. The van der Waals surface area contributed by atoms with Crippen molar-refractivity contribution in [2.45, 2.75) is 0 Å². The SMILES string of the molecule is C=COC(N)=NC. The molecule has 40 valence electrons. The lowest BCUT2D eigenvalue weighted by molar-refractivity contribution is 0.465. The lowest BCUT2D eigenvalue weighted by atomic mass is 11.0. The number of nitrogens with zero attached hydrogens (tertiary/aromatic N) is 1. The molecule has 0 bridgehead atoms. The lowest BCUT2D eigenvalue weighted by Gasteiger charge is -1.91. The number of hydrogen-bond donors (Lipinski definition) is 1. The van der Waals surface area contributed by atoms with E-state index in [1.54, 1.807) is 7.05 Å². The van der Waals surface area contributed by atoms with Crippen molar-refractivity contribution in [3.63, 3.8) is 0 Å². The molecule has 0 radical (unpaired) electrons. The van der Waals surface area contributed by atoms with Crippen LogP contribution in [-0.2, 0) is 4.74 Å². The molecule has 3 nitrogen and oxygen atoms in total. The first-order valence-corrected chi connectivity index (χ1v) is 1.81. The molecule has 0 aromatic carbocycles.